The molecule has 90 valence electrons. The van der Waals surface area contributed by atoms with Crippen molar-refractivity contribution in [3.8, 4) is 0 Å². The van der Waals surface area contributed by atoms with Gasteiger partial charge in [-0.1, -0.05) is 12.2 Å². The quantitative estimate of drug-likeness (QED) is 0.496. The average Bonchev–Trinajstić information content (AvgIpc) is 2.97. The third-order valence-electron chi connectivity index (χ3n) is 5.13. The molecule has 7 atom stereocenters. The summed E-state index contributed by atoms with van der Waals surface area (Å²) in [7, 11) is 1.39. The Balaban J connectivity index is 1.81. The van der Waals surface area contributed by atoms with Crippen molar-refractivity contribution in [1.29, 1.82) is 0 Å². The maximum Gasteiger partial charge on any atom is 0.310 e. The molecule has 0 aromatic rings. The van der Waals surface area contributed by atoms with Crippen LogP contribution in [0.4, 0.5) is 0 Å². The number of hydrogen-bond acceptors (Lipinski definition) is 4. The summed E-state index contributed by atoms with van der Waals surface area (Å²) in [6.07, 6.45) is 5.31. The van der Waals surface area contributed by atoms with Gasteiger partial charge in [-0.25, -0.2) is 0 Å². The summed E-state index contributed by atoms with van der Waals surface area (Å²) in [5.41, 5.74) is 0. The molecular formula is C13H14O4. The predicted octanol–water partition coefficient (Wildman–Crippen LogP) is 0.769. The van der Waals surface area contributed by atoms with Gasteiger partial charge < -0.3 is 9.47 Å². The minimum Gasteiger partial charge on any atom is -0.469 e. The zero-order chi connectivity index (χ0) is 11.7. The average molecular weight is 234 g/mol. The van der Waals surface area contributed by atoms with Gasteiger partial charge >= 0.3 is 11.9 Å². The van der Waals surface area contributed by atoms with Crippen LogP contribution in [0.5, 0.6) is 0 Å². The van der Waals surface area contributed by atoms with E-state index in [0.717, 1.165) is 6.42 Å². The van der Waals surface area contributed by atoms with Crippen LogP contribution in [-0.4, -0.2) is 25.2 Å². The first kappa shape index (κ1) is 9.68. The van der Waals surface area contributed by atoms with Crippen LogP contribution in [-0.2, 0) is 19.1 Å². The van der Waals surface area contributed by atoms with Crippen molar-refractivity contribution in [3.63, 3.8) is 0 Å². The van der Waals surface area contributed by atoms with E-state index >= 15 is 0 Å². The molecule has 4 nitrogen and oxygen atoms in total. The highest BCUT2D eigenvalue weighted by Gasteiger charge is 2.68. The molecule has 1 saturated heterocycles. The number of methoxy groups -OCH3 is 1. The van der Waals surface area contributed by atoms with E-state index in [2.05, 4.69) is 12.2 Å². The summed E-state index contributed by atoms with van der Waals surface area (Å²) >= 11 is 0. The van der Waals surface area contributed by atoms with Gasteiger partial charge in [-0.05, 0) is 24.2 Å². The summed E-state index contributed by atoms with van der Waals surface area (Å²) in [5.74, 6) is 0.373. The molecule has 3 aliphatic carbocycles. The molecule has 0 aromatic carbocycles. The Bertz CT molecular complexity index is 441. The second kappa shape index (κ2) is 2.92. The standard InChI is InChI=1S/C13H14O4/c1-16-12(14)9-6-3-2-5-4-7-10(8(5)6)11(9)13(15)17-7/h2-3,5-11H,4H2,1H3/t5-,6+,7+,8-,9-,10+,11+/m0/s1. The van der Waals surface area contributed by atoms with E-state index in [1.807, 2.05) is 0 Å². The van der Waals surface area contributed by atoms with Crippen LogP contribution in [0.2, 0.25) is 0 Å². The van der Waals surface area contributed by atoms with Crippen LogP contribution >= 0.6 is 0 Å². The molecule has 0 unspecified atom stereocenters. The Morgan fingerprint density at radius 3 is 3.00 bits per heavy atom. The first-order chi connectivity index (χ1) is 8.22. The molecule has 3 fully saturated rings. The van der Waals surface area contributed by atoms with Crippen LogP contribution in [0.1, 0.15) is 6.42 Å². The fourth-order valence-electron chi connectivity index (χ4n) is 4.67. The lowest BCUT2D eigenvalue weighted by Gasteiger charge is -2.18. The van der Waals surface area contributed by atoms with E-state index in [1.165, 1.54) is 7.11 Å². The smallest absolute Gasteiger partial charge is 0.310 e. The zero-order valence-corrected chi connectivity index (χ0v) is 9.54. The molecule has 0 radical (unpaired) electrons. The maximum atomic E-state index is 11.9. The van der Waals surface area contributed by atoms with Crippen molar-refractivity contribution in [2.75, 3.05) is 7.11 Å². The molecule has 1 heterocycles. The van der Waals surface area contributed by atoms with Crippen LogP contribution in [0.25, 0.3) is 0 Å². The van der Waals surface area contributed by atoms with Crippen molar-refractivity contribution >= 4 is 11.9 Å². The Morgan fingerprint density at radius 1 is 1.41 bits per heavy atom. The number of carbonyl (C=O) groups excluding carboxylic acids is 2. The van der Waals surface area contributed by atoms with Crippen molar-refractivity contribution in [1.82, 2.24) is 0 Å². The van der Waals surface area contributed by atoms with Gasteiger partial charge in [0.1, 0.15) is 6.10 Å². The zero-order valence-electron chi connectivity index (χ0n) is 9.54. The first-order valence-electron chi connectivity index (χ1n) is 6.19. The van der Waals surface area contributed by atoms with Crippen LogP contribution in [0.15, 0.2) is 12.2 Å². The van der Waals surface area contributed by atoms with Gasteiger partial charge in [0.05, 0.1) is 18.9 Å². The lowest BCUT2D eigenvalue weighted by atomic mass is 9.87. The SMILES string of the molecule is COC(=O)[C@H]1[C@@H]2C=C[C@H]3C[C@H]4OC(=O)[C@H]1[C@H]4[C@H]23. The summed E-state index contributed by atoms with van der Waals surface area (Å²) in [4.78, 5) is 23.8. The molecular weight excluding hydrogens is 220 g/mol. The van der Waals surface area contributed by atoms with Gasteiger partial charge in [-0.3, -0.25) is 9.59 Å². The topological polar surface area (TPSA) is 52.6 Å². The lowest BCUT2D eigenvalue weighted by Crippen LogP contribution is -2.29. The molecule has 0 spiro atoms. The van der Waals surface area contributed by atoms with E-state index in [1.54, 1.807) is 0 Å². The maximum absolute atomic E-state index is 11.9. The Labute approximate surface area is 99.0 Å². The highest BCUT2D eigenvalue weighted by molar-refractivity contribution is 5.85. The second-order valence-electron chi connectivity index (χ2n) is 5.57. The van der Waals surface area contributed by atoms with Crippen LogP contribution < -0.4 is 0 Å². The fraction of sp³-hybridized carbons (Fsp3) is 0.692. The van der Waals surface area contributed by atoms with Crippen molar-refractivity contribution < 1.29 is 19.1 Å². The molecule has 4 heteroatoms. The lowest BCUT2D eigenvalue weighted by molar-refractivity contribution is -0.155. The summed E-state index contributed by atoms with van der Waals surface area (Å²) in [6.45, 7) is 0. The Hall–Kier alpha value is -1.32. The summed E-state index contributed by atoms with van der Waals surface area (Å²) in [5, 5.41) is 0. The summed E-state index contributed by atoms with van der Waals surface area (Å²) < 4.78 is 10.3. The largest absolute Gasteiger partial charge is 0.469 e. The monoisotopic (exact) mass is 234 g/mol. The molecule has 0 amide bonds. The first-order valence-corrected chi connectivity index (χ1v) is 6.19. The van der Waals surface area contributed by atoms with E-state index in [9.17, 15) is 9.59 Å². The molecule has 4 rings (SSSR count). The van der Waals surface area contributed by atoms with Gasteiger partial charge in [0.25, 0.3) is 0 Å². The third kappa shape index (κ3) is 0.956. The minimum atomic E-state index is -0.311. The second-order valence-corrected chi connectivity index (χ2v) is 5.57. The van der Waals surface area contributed by atoms with Crippen molar-refractivity contribution in [3.05, 3.63) is 12.2 Å². The van der Waals surface area contributed by atoms with E-state index in [-0.39, 0.29) is 41.7 Å². The number of carbonyl (C=O) groups is 2. The Morgan fingerprint density at radius 2 is 2.24 bits per heavy atom. The molecule has 17 heavy (non-hydrogen) atoms. The van der Waals surface area contributed by atoms with Crippen LogP contribution in [0.3, 0.4) is 0 Å². The van der Waals surface area contributed by atoms with Crippen LogP contribution in [0, 0.1) is 35.5 Å². The highest BCUT2D eigenvalue weighted by atomic mass is 16.6. The van der Waals surface area contributed by atoms with Gasteiger partial charge in [-0.15, -0.1) is 0 Å². The molecule has 0 N–H and O–H groups in total. The third-order valence-corrected chi connectivity index (χ3v) is 5.13. The molecule has 0 bridgehead atoms. The molecule has 2 saturated carbocycles. The predicted molar refractivity (Wildman–Crippen MR) is 56.6 cm³/mol. The number of esters is 2. The number of allylic oxidation sites excluding steroid dienone is 2. The fourth-order valence-corrected chi connectivity index (χ4v) is 4.67. The van der Waals surface area contributed by atoms with E-state index in [0.29, 0.717) is 11.8 Å². The van der Waals surface area contributed by atoms with Gasteiger partial charge in [0.2, 0.25) is 0 Å². The Kier molecular flexibility index (Phi) is 1.66. The normalized spacial score (nSPS) is 52.8. The van der Waals surface area contributed by atoms with E-state index in [4.69, 9.17) is 9.47 Å². The number of hydrogen-bond donors (Lipinski definition) is 0. The highest BCUT2D eigenvalue weighted by Crippen LogP contribution is 2.63. The molecule has 4 aliphatic rings. The van der Waals surface area contributed by atoms with E-state index < -0.39 is 0 Å². The molecule has 1 aliphatic heterocycles. The van der Waals surface area contributed by atoms with Gasteiger partial charge in [0, 0.05) is 5.92 Å². The van der Waals surface area contributed by atoms with Crippen molar-refractivity contribution in [2.45, 2.75) is 12.5 Å². The number of ether oxygens (including phenoxy) is 2. The summed E-state index contributed by atoms with van der Waals surface area (Å²) in [6, 6.07) is 0. The number of rotatable bonds is 1. The van der Waals surface area contributed by atoms with Crippen molar-refractivity contribution in [2.24, 2.45) is 35.5 Å². The molecule has 0 aromatic heterocycles. The minimum absolute atomic E-state index is 0.0459. The van der Waals surface area contributed by atoms with Gasteiger partial charge in [-0.2, -0.15) is 0 Å². The van der Waals surface area contributed by atoms with Gasteiger partial charge in [0.15, 0.2) is 0 Å².